The van der Waals surface area contributed by atoms with E-state index in [-0.39, 0.29) is 12.2 Å². The van der Waals surface area contributed by atoms with Crippen molar-refractivity contribution in [2.75, 3.05) is 0 Å². The number of halogens is 3. The molecule has 0 saturated carbocycles. The minimum absolute atomic E-state index is 0.194. The monoisotopic (exact) mass is 551 g/mol. The number of alkyl halides is 2. The van der Waals surface area contributed by atoms with Gasteiger partial charge >= 0.3 is 5.97 Å². The van der Waals surface area contributed by atoms with Crippen molar-refractivity contribution in [1.29, 1.82) is 0 Å². The normalized spacial score (nSPS) is 27.7. The van der Waals surface area contributed by atoms with Gasteiger partial charge in [-0.3, -0.25) is 14.5 Å². The van der Waals surface area contributed by atoms with E-state index >= 15 is 0 Å². The first-order valence-electron chi connectivity index (χ1n) is 12.5. The SMILES string of the molecule is CC(C)[C@@H](C(=O)OCc1ccccc1F)N1C(=O)[C@@H]2[C@H](C1=O)C1(Cl)c3ccccc3C2(Cl)c2ccccc21. The summed E-state index contributed by atoms with van der Waals surface area (Å²) in [4.78, 5) is 40.0. The lowest BCUT2D eigenvalue weighted by atomic mass is 9.54. The topological polar surface area (TPSA) is 63.7 Å². The molecule has 0 unspecified atom stereocenters. The summed E-state index contributed by atoms with van der Waals surface area (Å²) in [6.45, 7) is 3.12. The third kappa shape index (κ3) is 3.13. The van der Waals surface area contributed by atoms with Crippen molar-refractivity contribution in [2.24, 2.45) is 17.8 Å². The van der Waals surface area contributed by atoms with E-state index < -0.39 is 57.1 Å². The average Bonchev–Trinajstić information content (AvgIpc) is 3.18. The minimum atomic E-state index is -1.34. The second-order valence-electron chi connectivity index (χ2n) is 10.4. The summed E-state index contributed by atoms with van der Waals surface area (Å²) in [6.07, 6.45) is 0. The molecule has 0 aromatic heterocycles. The Labute approximate surface area is 229 Å². The second-order valence-corrected chi connectivity index (χ2v) is 11.6. The predicted octanol–water partition coefficient (Wildman–Crippen LogP) is 5.49. The van der Waals surface area contributed by atoms with E-state index in [1.54, 1.807) is 19.9 Å². The van der Waals surface area contributed by atoms with E-state index in [1.165, 1.54) is 18.2 Å². The number of nitrogens with zero attached hydrogens (tertiary/aromatic N) is 1. The van der Waals surface area contributed by atoms with E-state index in [0.717, 1.165) is 4.90 Å². The summed E-state index contributed by atoms with van der Waals surface area (Å²) in [5.41, 5.74) is 2.93. The summed E-state index contributed by atoms with van der Waals surface area (Å²) in [6, 6.07) is 19.4. The molecule has 5 nitrogen and oxygen atoms in total. The van der Waals surface area contributed by atoms with E-state index in [1.807, 2.05) is 48.5 Å². The Hall–Kier alpha value is -3.22. The van der Waals surface area contributed by atoms with Gasteiger partial charge < -0.3 is 4.74 Å². The molecule has 194 valence electrons. The number of esters is 1. The van der Waals surface area contributed by atoms with Crippen LogP contribution in [0.1, 0.15) is 41.7 Å². The van der Waals surface area contributed by atoms with Crippen LogP contribution in [0.5, 0.6) is 0 Å². The van der Waals surface area contributed by atoms with Crippen LogP contribution in [0.15, 0.2) is 72.8 Å². The van der Waals surface area contributed by atoms with Gasteiger partial charge in [0.1, 0.15) is 28.2 Å². The van der Waals surface area contributed by atoms with Gasteiger partial charge in [0.2, 0.25) is 11.8 Å². The van der Waals surface area contributed by atoms with Crippen LogP contribution in [0.4, 0.5) is 4.39 Å². The number of benzene rings is 3. The van der Waals surface area contributed by atoms with Crippen molar-refractivity contribution in [3.8, 4) is 0 Å². The van der Waals surface area contributed by atoms with Crippen molar-refractivity contribution in [3.63, 3.8) is 0 Å². The molecule has 0 radical (unpaired) electrons. The molecule has 7 rings (SSSR count). The highest BCUT2D eigenvalue weighted by atomic mass is 35.5. The number of hydrogen-bond donors (Lipinski definition) is 0. The molecule has 0 N–H and O–H groups in total. The van der Waals surface area contributed by atoms with Crippen LogP contribution in [0.25, 0.3) is 0 Å². The standard InChI is InChI=1S/C30H24Cl2FNO4/c1-16(2)25(28(37)38-15-17-9-3-8-14-22(17)33)34-26(35)23-24(27(34)36)30(32)19-11-5-4-10-18(19)29(23,31)20-12-6-7-13-21(20)30/h3-14,16,23-25H,15H2,1-2H3/t23-,24+,25-,29?,30?/m0/s1. The molecule has 1 fully saturated rings. The van der Waals surface area contributed by atoms with Crippen LogP contribution in [-0.2, 0) is 35.5 Å². The first kappa shape index (κ1) is 25.1. The molecular formula is C30H24Cl2FNO4. The van der Waals surface area contributed by atoms with Gasteiger partial charge in [-0.25, -0.2) is 9.18 Å². The van der Waals surface area contributed by atoms with Crippen molar-refractivity contribution < 1.29 is 23.5 Å². The Bertz CT molecular complexity index is 1380. The molecule has 2 bridgehead atoms. The molecule has 3 aromatic rings. The lowest BCUT2D eigenvalue weighted by Crippen LogP contribution is -2.57. The quantitative estimate of drug-likeness (QED) is 0.239. The maximum absolute atomic E-state index is 14.2. The molecule has 3 aliphatic carbocycles. The number of amides is 2. The van der Waals surface area contributed by atoms with Crippen LogP contribution in [0.3, 0.4) is 0 Å². The first-order valence-corrected chi connectivity index (χ1v) is 13.2. The Morgan fingerprint density at radius 2 is 1.26 bits per heavy atom. The van der Waals surface area contributed by atoms with Crippen LogP contribution in [0.2, 0.25) is 0 Å². The van der Waals surface area contributed by atoms with Crippen molar-refractivity contribution in [3.05, 3.63) is 106 Å². The number of ether oxygens (including phenoxy) is 1. The van der Waals surface area contributed by atoms with Gasteiger partial charge in [0.25, 0.3) is 0 Å². The fraction of sp³-hybridized carbons (Fsp3) is 0.300. The van der Waals surface area contributed by atoms with Gasteiger partial charge in [0.15, 0.2) is 0 Å². The highest BCUT2D eigenvalue weighted by Crippen LogP contribution is 2.69. The lowest BCUT2D eigenvalue weighted by molar-refractivity contribution is -0.162. The molecule has 3 atom stereocenters. The van der Waals surface area contributed by atoms with Gasteiger partial charge in [0, 0.05) is 5.56 Å². The van der Waals surface area contributed by atoms with Crippen LogP contribution in [-0.4, -0.2) is 28.7 Å². The van der Waals surface area contributed by atoms with Crippen LogP contribution < -0.4 is 0 Å². The molecular weight excluding hydrogens is 528 g/mol. The smallest absolute Gasteiger partial charge is 0.329 e. The van der Waals surface area contributed by atoms with Crippen molar-refractivity contribution in [1.82, 2.24) is 4.90 Å². The molecule has 38 heavy (non-hydrogen) atoms. The zero-order valence-electron chi connectivity index (χ0n) is 20.7. The molecule has 4 aliphatic rings. The molecule has 1 saturated heterocycles. The molecule has 1 heterocycles. The van der Waals surface area contributed by atoms with E-state index in [2.05, 4.69) is 0 Å². The zero-order valence-corrected chi connectivity index (χ0v) is 22.2. The average molecular weight is 552 g/mol. The van der Waals surface area contributed by atoms with Crippen LogP contribution >= 0.6 is 23.2 Å². The molecule has 3 aromatic carbocycles. The molecule has 8 heteroatoms. The second kappa shape index (κ2) is 8.65. The first-order chi connectivity index (χ1) is 18.1. The van der Waals surface area contributed by atoms with Gasteiger partial charge in [-0.15, -0.1) is 23.2 Å². The summed E-state index contributed by atoms with van der Waals surface area (Å²) in [7, 11) is 0. The molecule has 2 amide bonds. The molecule has 0 spiro atoms. The highest BCUT2D eigenvalue weighted by molar-refractivity contribution is 6.36. The van der Waals surface area contributed by atoms with Crippen molar-refractivity contribution in [2.45, 2.75) is 36.2 Å². The third-order valence-electron chi connectivity index (χ3n) is 8.10. The largest absolute Gasteiger partial charge is 0.459 e. The number of carbonyl (C=O) groups excluding carboxylic acids is 3. The number of carbonyl (C=O) groups is 3. The van der Waals surface area contributed by atoms with E-state index in [9.17, 15) is 18.8 Å². The minimum Gasteiger partial charge on any atom is -0.459 e. The van der Waals surface area contributed by atoms with Gasteiger partial charge in [-0.2, -0.15) is 0 Å². The van der Waals surface area contributed by atoms with E-state index in [0.29, 0.717) is 22.3 Å². The van der Waals surface area contributed by atoms with Gasteiger partial charge in [-0.1, -0.05) is 80.6 Å². The van der Waals surface area contributed by atoms with Gasteiger partial charge in [0.05, 0.1) is 11.8 Å². The third-order valence-corrected chi connectivity index (χ3v) is 9.38. The van der Waals surface area contributed by atoms with E-state index in [4.69, 9.17) is 27.9 Å². The number of rotatable bonds is 5. The Morgan fingerprint density at radius 1 is 0.842 bits per heavy atom. The Balaban J connectivity index is 1.43. The van der Waals surface area contributed by atoms with Crippen molar-refractivity contribution >= 4 is 41.0 Å². The summed E-state index contributed by atoms with van der Waals surface area (Å²) < 4.78 is 19.6. The Morgan fingerprint density at radius 3 is 1.68 bits per heavy atom. The number of likely N-dealkylation sites (tertiary alicyclic amines) is 1. The number of imide groups is 1. The fourth-order valence-electron chi connectivity index (χ4n) is 6.49. The predicted molar refractivity (Wildman–Crippen MR) is 140 cm³/mol. The lowest BCUT2D eigenvalue weighted by Gasteiger charge is -2.54. The van der Waals surface area contributed by atoms with Gasteiger partial charge in [-0.05, 0) is 34.2 Å². The summed E-state index contributed by atoms with van der Waals surface area (Å²) in [5, 5.41) is 0. The van der Waals surface area contributed by atoms with Crippen LogP contribution in [0, 0.1) is 23.6 Å². The fourth-order valence-corrected chi connectivity index (χ4v) is 7.59. The summed E-state index contributed by atoms with van der Waals surface area (Å²) >= 11 is 14.9. The maximum Gasteiger partial charge on any atom is 0.329 e. The number of hydrogen-bond acceptors (Lipinski definition) is 4. The Kier molecular flexibility index (Phi) is 5.71. The molecule has 1 aliphatic heterocycles. The maximum atomic E-state index is 14.2. The highest BCUT2D eigenvalue weighted by Gasteiger charge is 2.74. The zero-order chi connectivity index (χ0) is 27.0. The summed E-state index contributed by atoms with van der Waals surface area (Å²) in [5.74, 6) is -4.94.